The normalized spacial score (nSPS) is 26.2. The lowest BCUT2D eigenvalue weighted by Gasteiger charge is -2.36. The Hall–Kier alpha value is -1.07. The fourth-order valence-electron chi connectivity index (χ4n) is 3.46. The molecule has 1 atom stereocenters. The molecule has 120 valence electrons. The van der Waals surface area contributed by atoms with Crippen LogP contribution in [0.1, 0.15) is 43.9 Å². The van der Waals surface area contributed by atoms with Crippen LogP contribution in [0.3, 0.4) is 0 Å². The molecule has 2 heterocycles. The van der Waals surface area contributed by atoms with Gasteiger partial charge in [-0.05, 0) is 44.7 Å². The number of amides is 1. The minimum atomic E-state index is -0.827. The number of hydrogen-bond donors (Lipinski definition) is 1. The second-order valence-electron chi connectivity index (χ2n) is 6.79. The Kier molecular flexibility index (Phi) is 3.98. The molecule has 3 rings (SSSR count). The van der Waals surface area contributed by atoms with Crippen molar-refractivity contribution in [2.75, 3.05) is 6.54 Å². The maximum Gasteiger partial charge on any atom is 0.310 e. The van der Waals surface area contributed by atoms with Gasteiger partial charge in [0.05, 0.1) is 9.75 Å². The van der Waals surface area contributed by atoms with Gasteiger partial charge in [0.2, 0.25) is 5.91 Å². The Labute approximate surface area is 139 Å². The third-order valence-electron chi connectivity index (χ3n) is 5.03. The number of carbonyl (C=O) groups is 2. The Morgan fingerprint density at radius 3 is 2.64 bits per heavy atom. The number of nitrogens with zero attached hydrogens (tertiary/aromatic N) is 1. The Morgan fingerprint density at radius 2 is 2.09 bits per heavy atom. The number of carboxylic acid groups (broad SMARTS) is 1. The monoisotopic (exact) mass is 341 g/mol. The highest BCUT2D eigenvalue weighted by Gasteiger charge is 2.53. The van der Waals surface area contributed by atoms with Crippen molar-refractivity contribution in [2.45, 2.75) is 51.0 Å². The zero-order valence-electron chi connectivity index (χ0n) is 12.6. The van der Waals surface area contributed by atoms with E-state index in [1.54, 1.807) is 11.3 Å². The van der Waals surface area contributed by atoms with Crippen LogP contribution >= 0.6 is 22.9 Å². The molecule has 6 heteroatoms. The van der Waals surface area contributed by atoms with Gasteiger partial charge in [-0.3, -0.25) is 9.59 Å². The van der Waals surface area contributed by atoms with E-state index in [-0.39, 0.29) is 17.9 Å². The zero-order chi connectivity index (χ0) is 16.0. The summed E-state index contributed by atoms with van der Waals surface area (Å²) in [4.78, 5) is 27.0. The lowest BCUT2D eigenvalue weighted by atomic mass is 9.92. The largest absolute Gasteiger partial charge is 0.481 e. The summed E-state index contributed by atoms with van der Waals surface area (Å²) in [6.45, 7) is 2.83. The van der Waals surface area contributed by atoms with Gasteiger partial charge >= 0.3 is 5.97 Å². The van der Waals surface area contributed by atoms with Crippen molar-refractivity contribution >= 4 is 34.8 Å². The van der Waals surface area contributed by atoms with Crippen LogP contribution in [-0.2, 0) is 16.0 Å². The summed E-state index contributed by atoms with van der Waals surface area (Å²) in [5.74, 6) is -0.839. The summed E-state index contributed by atoms with van der Waals surface area (Å²) in [6, 6.07) is 3.90. The van der Waals surface area contributed by atoms with Crippen molar-refractivity contribution in [3.63, 3.8) is 0 Å². The van der Waals surface area contributed by atoms with Crippen LogP contribution in [0.5, 0.6) is 0 Å². The van der Waals surface area contributed by atoms with Crippen molar-refractivity contribution < 1.29 is 14.7 Å². The first-order valence-corrected chi connectivity index (χ1v) is 8.82. The SMILES string of the molecule is CC1(Cc2ccc(Cl)s2)CCCN1C(=O)CC1(C(=O)O)CC1. The summed E-state index contributed by atoms with van der Waals surface area (Å²) >= 11 is 7.54. The standard InChI is InChI=1S/C16H20ClNO3S/c1-15(9-11-3-4-12(17)22-11)5-2-8-18(15)13(19)10-16(6-7-16)14(20)21/h3-4H,2,5-10H2,1H3,(H,20,21). The topological polar surface area (TPSA) is 57.6 Å². The van der Waals surface area contributed by atoms with E-state index in [1.165, 1.54) is 4.88 Å². The fourth-order valence-corrected chi connectivity index (χ4v) is 4.72. The molecule has 0 radical (unpaired) electrons. The van der Waals surface area contributed by atoms with Gasteiger partial charge in [0, 0.05) is 29.8 Å². The highest BCUT2D eigenvalue weighted by atomic mass is 35.5. The number of halogens is 1. The number of carbonyl (C=O) groups excluding carboxylic acids is 1. The van der Waals surface area contributed by atoms with Crippen LogP contribution in [0, 0.1) is 5.41 Å². The summed E-state index contributed by atoms with van der Waals surface area (Å²) in [6.07, 6.45) is 4.10. The van der Waals surface area contributed by atoms with Gasteiger partial charge in [-0.2, -0.15) is 0 Å². The van der Waals surface area contributed by atoms with E-state index < -0.39 is 11.4 Å². The minimum Gasteiger partial charge on any atom is -0.481 e. The van der Waals surface area contributed by atoms with E-state index in [2.05, 4.69) is 6.92 Å². The summed E-state index contributed by atoms with van der Waals surface area (Å²) < 4.78 is 0.761. The molecule has 4 nitrogen and oxygen atoms in total. The molecule has 22 heavy (non-hydrogen) atoms. The molecule has 0 spiro atoms. The van der Waals surface area contributed by atoms with Crippen molar-refractivity contribution in [3.05, 3.63) is 21.3 Å². The predicted octanol–water partition coefficient (Wildman–Crippen LogP) is 3.58. The molecule has 1 aromatic heterocycles. The first kappa shape index (κ1) is 15.8. The van der Waals surface area contributed by atoms with Crippen LogP contribution in [-0.4, -0.2) is 34.0 Å². The summed E-state index contributed by atoms with van der Waals surface area (Å²) in [7, 11) is 0. The maximum absolute atomic E-state index is 12.7. The molecule has 2 fully saturated rings. The number of likely N-dealkylation sites (tertiary alicyclic amines) is 1. The van der Waals surface area contributed by atoms with Crippen molar-refractivity contribution in [3.8, 4) is 0 Å². The molecular formula is C16H20ClNO3S. The van der Waals surface area contributed by atoms with Crippen molar-refractivity contribution in [1.82, 2.24) is 4.90 Å². The number of carboxylic acids is 1. The lowest BCUT2D eigenvalue weighted by molar-refractivity contribution is -0.148. The molecule has 0 aromatic carbocycles. The fraction of sp³-hybridized carbons (Fsp3) is 0.625. The lowest BCUT2D eigenvalue weighted by Crippen LogP contribution is -2.47. The van der Waals surface area contributed by atoms with E-state index >= 15 is 0 Å². The van der Waals surface area contributed by atoms with Crippen LogP contribution in [0.15, 0.2) is 12.1 Å². The summed E-state index contributed by atoms with van der Waals surface area (Å²) in [5.41, 5.74) is -1.01. The number of thiophene rings is 1. The smallest absolute Gasteiger partial charge is 0.310 e. The van der Waals surface area contributed by atoms with Crippen LogP contribution < -0.4 is 0 Å². The van der Waals surface area contributed by atoms with Gasteiger partial charge in [0.25, 0.3) is 0 Å². The molecule has 2 aliphatic rings. The van der Waals surface area contributed by atoms with Crippen LogP contribution in [0.2, 0.25) is 4.34 Å². The Morgan fingerprint density at radius 1 is 1.36 bits per heavy atom. The van der Waals surface area contributed by atoms with Crippen LogP contribution in [0.4, 0.5) is 0 Å². The maximum atomic E-state index is 12.7. The molecule has 1 saturated carbocycles. The summed E-state index contributed by atoms with van der Waals surface area (Å²) in [5, 5.41) is 9.28. The van der Waals surface area contributed by atoms with Crippen molar-refractivity contribution in [1.29, 1.82) is 0 Å². The third kappa shape index (κ3) is 2.88. The average molecular weight is 342 g/mol. The number of rotatable bonds is 5. The predicted molar refractivity (Wildman–Crippen MR) is 86.3 cm³/mol. The second-order valence-corrected chi connectivity index (χ2v) is 8.59. The highest BCUT2D eigenvalue weighted by Crippen LogP contribution is 2.50. The quantitative estimate of drug-likeness (QED) is 0.890. The minimum absolute atomic E-state index is 0.0115. The molecule has 1 aromatic rings. The Bertz CT molecular complexity index is 610. The first-order valence-electron chi connectivity index (χ1n) is 7.63. The molecule has 1 unspecified atom stereocenters. The van der Waals surface area contributed by atoms with Gasteiger partial charge in [0.15, 0.2) is 0 Å². The number of hydrogen-bond acceptors (Lipinski definition) is 3. The van der Waals surface area contributed by atoms with Gasteiger partial charge in [0.1, 0.15) is 0 Å². The molecule has 0 bridgehead atoms. The van der Waals surface area contributed by atoms with E-state index in [4.69, 9.17) is 11.6 Å². The molecule has 1 aliphatic heterocycles. The molecule has 1 aliphatic carbocycles. The zero-order valence-corrected chi connectivity index (χ0v) is 14.2. The molecule has 1 N–H and O–H groups in total. The molecule has 1 saturated heterocycles. The van der Waals surface area contributed by atoms with Gasteiger partial charge in [-0.15, -0.1) is 11.3 Å². The highest BCUT2D eigenvalue weighted by molar-refractivity contribution is 7.16. The average Bonchev–Trinajstić information content (AvgIpc) is 2.96. The third-order valence-corrected chi connectivity index (χ3v) is 6.26. The van der Waals surface area contributed by atoms with Crippen molar-refractivity contribution in [2.24, 2.45) is 5.41 Å². The molecule has 1 amide bonds. The number of aliphatic carboxylic acids is 1. The van der Waals surface area contributed by atoms with E-state index in [0.717, 1.165) is 30.1 Å². The van der Waals surface area contributed by atoms with E-state index in [0.29, 0.717) is 12.8 Å². The van der Waals surface area contributed by atoms with Crippen LogP contribution in [0.25, 0.3) is 0 Å². The second kappa shape index (κ2) is 5.53. The van der Waals surface area contributed by atoms with Gasteiger partial charge in [-0.1, -0.05) is 11.6 Å². The molecular weight excluding hydrogens is 322 g/mol. The van der Waals surface area contributed by atoms with E-state index in [9.17, 15) is 14.7 Å². The Balaban J connectivity index is 1.72. The van der Waals surface area contributed by atoms with Gasteiger partial charge < -0.3 is 10.0 Å². The van der Waals surface area contributed by atoms with Gasteiger partial charge in [-0.25, -0.2) is 0 Å². The first-order chi connectivity index (χ1) is 10.3. The van der Waals surface area contributed by atoms with E-state index in [1.807, 2.05) is 17.0 Å².